The van der Waals surface area contributed by atoms with Gasteiger partial charge >= 0.3 is 0 Å². The summed E-state index contributed by atoms with van der Waals surface area (Å²) in [4.78, 5) is 13.4. The first-order valence-corrected chi connectivity index (χ1v) is 9.26. The van der Waals surface area contributed by atoms with Crippen molar-refractivity contribution in [1.82, 2.24) is 5.32 Å². The molecule has 2 N–H and O–H groups in total. The quantitative estimate of drug-likeness (QED) is 0.640. The maximum atomic E-state index is 14.3. The highest BCUT2D eigenvalue weighted by atomic mass is 32.1. The number of carbonyl (C=O) groups is 1. The molecular weight excluding hydrogens is 351 g/mol. The van der Waals surface area contributed by atoms with Crippen molar-refractivity contribution in [3.05, 3.63) is 64.3 Å². The fourth-order valence-electron chi connectivity index (χ4n) is 2.87. The Bertz CT molecular complexity index is 923. The van der Waals surface area contributed by atoms with Crippen LogP contribution in [0.5, 0.6) is 0 Å². The minimum atomic E-state index is -0.336. The van der Waals surface area contributed by atoms with Crippen LogP contribution in [0.25, 0.3) is 10.1 Å². The molecule has 3 rings (SSSR count). The van der Waals surface area contributed by atoms with Crippen LogP contribution in [0.1, 0.15) is 27.7 Å². The van der Waals surface area contributed by atoms with Crippen molar-refractivity contribution in [1.29, 1.82) is 0 Å². The molecule has 0 bridgehead atoms. The zero-order chi connectivity index (χ0) is 18.5. The number of hydrogen-bond acceptors (Lipinski definition) is 4. The van der Waals surface area contributed by atoms with E-state index in [1.54, 1.807) is 6.07 Å². The van der Waals surface area contributed by atoms with Crippen LogP contribution in [0, 0.1) is 5.82 Å². The highest BCUT2D eigenvalue weighted by Gasteiger charge is 2.21. The molecule has 0 saturated carbocycles. The summed E-state index contributed by atoms with van der Waals surface area (Å²) in [5.74, 6) is -0.584. The van der Waals surface area contributed by atoms with Crippen molar-refractivity contribution in [3.63, 3.8) is 0 Å². The molecule has 0 fully saturated rings. The van der Waals surface area contributed by atoms with Crippen LogP contribution in [0.15, 0.2) is 42.5 Å². The Labute approximate surface area is 156 Å². The van der Waals surface area contributed by atoms with E-state index in [4.69, 9.17) is 4.74 Å². The Morgan fingerprint density at radius 3 is 2.77 bits per heavy atom. The van der Waals surface area contributed by atoms with Gasteiger partial charge in [0, 0.05) is 35.0 Å². The molecule has 0 unspecified atom stereocenters. The summed E-state index contributed by atoms with van der Waals surface area (Å²) < 4.78 is 20.2. The number of halogens is 1. The molecule has 1 aromatic heterocycles. The summed E-state index contributed by atoms with van der Waals surface area (Å²) in [6.07, 6.45) is 0. The second kappa shape index (κ2) is 8.40. The lowest BCUT2D eigenvalue weighted by atomic mass is 10.1. The molecule has 0 radical (unpaired) electrons. The van der Waals surface area contributed by atoms with E-state index < -0.39 is 0 Å². The standard InChI is InChI=1S/C20H21FN2O2S/c1-3-22-11-13-7-4-5-9-16(13)23-20(24)19-14(12-25-2)18-15(21)8-6-10-17(18)26-19/h4-10,22H,3,11-12H2,1-2H3,(H,23,24). The SMILES string of the molecule is CCNCc1ccccc1NC(=O)c1sc2cccc(F)c2c1COC. The monoisotopic (exact) mass is 372 g/mol. The molecule has 136 valence electrons. The van der Waals surface area contributed by atoms with Crippen molar-refractivity contribution in [2.45, 2.75) is 20.1 Å². The lowest BCUT2D eigenvalue weighted by Crippen LogP contribution is -2.17. The second-order valence-electron chi connectivity index (χ2n) is 5.85. The maximum Gasteiger partial charge on any atom is 0.266 e. The van der Waals surface area contributed by atoms with Crippen molar-refractivity contribution in [2.75, 3.05) is 19.0 Å². The third-order valence-corrected chi connectivity index (χ3v) is 5.29. The topological polar surface area (TPSA) is 50.4 Å². The van der Waals surface area contributed by atoms with E-state index >= 15 is 0 Å². The van der Waals surface area contributed by atoms with Crippen LogP contribution in [0.4, 0.5) is 10.1 Å². The largest absolute Gasteiger partial charge is 0.380 e. The molecule has 0 aliphatic heterocycles. The third-order valence-electron chi connectivity index (χ3n) is 4.09. The Kier molecular flexibility index (Phi) is 5.98. The lowest BCUT2D eigenvalue weighted by Gasteiger charge is -2.11. The van der Waals surface area contributed by atoms with Gasteiger partial charge in [0.1, 0.15) is 5.82 Å². The highest BCUT2D eigenvalue weighted by Crippen LogP contribution is 2.34. The number of methoxy groups -OCH3 is 1. The predicted octanol–water partition coefficient (Wildman–Crippen LogP) is 4.55. The average Bonchev–Trinajstić information content (AvgIpc) is 3.01. The van der Waals surface area contributed by atoms with Crippen molar-refractivity contribution < 1.29 is 13.9 Å². The van der Waals surface area contributed by atoms with Crippen molar-refractivity contribution in [2.24, 2.45) is 0 Å². The van der Waals surface area contributed by atoms with E-state index in [-0.39, 0.29) is 18.3 Å². The summed E-state index contributed by atoms with van der Waals surface area (Å²) in [5.41, 5.74) is 2.34. The number of nitrogens with one attached hydrogen (secondary N) is 2. The molecule has 1 amide bonds. The minimum Gasteiger partial charge on any atom is -0.380 e. The molecule has 1 heterocycles. The minimum absolute atomic E-state index is 0.183. The number of benzene rings is 2. The summed E-state index contributed by atoms with van der Waals surface area (Å²) in [5, 5.41) is 6.69. The van der Waals surface area contributed by atoms with Gasteiger partial charge in [-0.25, -0.2) is 4.39 Å². The smallest absolute Gasteiger partial charge is 0.266 e. The first-order chi connectivity index (χ1) is 12.7. The number of carbonyl (C=O) groups excluding carboxylic acids is 1. The van der Waals surface area contributed by atoms with Gasteiger partial charge in [0.25, 0.3) is 5.91 Å². The number of thiophene rings is 1. The Hall–Kier alpha value is -2.28. The van der Waals surface area contributed by atoms with Gasteiger partial charge in [-0.15, -0.1) is 11.3 Å². The van der Waals surface area contributed by atoms with Crippen LogP contribution < -0.4 is 10.6 Å². The molecule has 0 aliphatic carbocycles. The van der Waals surface area contributed by atoms with Crippen LogP contribution in [0.2, 0.25) is 0 Å². The Morgan fingerprint density at radius 1 is 1.19 bits per heavy atom. The van der Waals surface area contributed by atoms with Gasteiger partial charge in [0.05, 0.1) is 11.5 Å². The van der Waals surface area contributed by atoms with Crippen LogP contribution in [-0.4, -0.2) is 19.6 Å². The normalized spacial score (nSPS) is 11.0. The van der Waals surface area contributed by atoms with Gasteiger partial charge < -0.3 is 15.4 Å². The average molecular weight is 372 g/mol. The van der Waals surface area contributed by atoms with Crippen LogP contribution >= 0.6 is 11.3 Å². The Morgan fingerprint density at radius 2 is 2.00 bits per heavy atom. The van der Waals surface area contributed by atoms with Crippen LogP contribution in [0.3, 0.4) is 0 Å². The van der Waals surface area contributed by atoms with Crippen molar-refractivity contribution >= 4 is 33.0 Å². The van der Waals surface area contributed by atoms with E-state index in [9.17, 15) is 9.18 Å². The van der Waals surface area contributed by atoms with Crippen molar-refractivity contribution in [3.8, 4) is 0 Å². The zero-order valence-electron chi connectivity index (χ0n) is 14.8. The van der Waals surface area contributed by atoms with Gasteiger partial charge in [-0.1, -0.05) is 31.2 Å². The van der Waals surface area contributed by atoms with E-state index in [0.29, 0.717) is 22.4 Å². The number of anilines is 1. The summed E-state index contributed by atoms with van der Waals surface area (Å²) in [6, 6.07) is 12.5. The lowest BCUT2D eigenvalue weighted by molar-refractivity contribution is 0.102. The van der Waals surface area contributed by atoms with Gasteiger partial charge in [0.15, 0.2) is 0 Å². The summed E-state index contributed by atoms with van der Waals surface area (Å²) in [6.45, 7) is 3.72. The number of hydrogen-bond donors (Lipinski definition) is 2. The number of fused-ring (bicyclic) bond motifs is 1. The van der Waals surface area contributed by atoms with E-state index in [2.05, 4.69) is 10.6 Å². The molecule has 0 spiro atoms. The fraction of sp³-hybridized carbons (Fsp3) is 0.250. The second-order valence-corrected chi connectivity index (χ2v) is 6.90. The first-order valence-electron chi connectivity index (χ1n) is 8.44. The summed E-state index contributed by atoms with van der Waals surface area (Å²) >= 11 is 1.28. The van der Waals surface area contributed by atoms with E-state index in [0.717, 1.165) is 22.5 Å². The molecular formula is C20H21FN2O2S. The highest BCUT2D eigenvalue weighted by molar-refractivity contribution is 7.21. The number of amides is 1. The zero-order valence-corrected chi connectivity index (χ0v) is 15.6. The molecule has 2 aromatic carbocycles. The molecule has 0 atom stereocenters. The van der Waals surface area contributed by atoms with E-state index in [1.807, 2.05) is 37.3 Å². The van der Waals surface area contributed by atoms with Gasteiger partial charge in [0.2, 0.25) is 0 Å². The molecule has 26 heavy (non-hydrogen) atoms. The molecule has 3 aromatic rings. The number of rotatable bonds is 7. The summed E-state index contributed by atoms with van der Waals surface area (Å²) in [7, 11) is 1.54. The molecule has 4 nitrogen and oxygen atoms in total. The van der Waals surface area contributed by atoms with Crippen LogP contribution in [-0.2, 0) is 17.9 Å². The first kappa shape index (κ1) is 18.5. The van der Waals surface area contributed by atoms with Gasteiger partial charge in [-0.05, 0) is 30.3 Å². The van der Waals surface area contributed by atoms with E-state index in [1.165, 1.54) is 24.5 Å². The molecule has 0 saturated heterocycles. The number of para-hydroxylation sites is 1. The predicted molar refractivity (Wildman–Crippen MR) is 104 cm³/mol. The molecule has 6 heteroatoms. The number of ether oxygens (including phenoxy) is 1. The molecule has 0 aliphatic rings. The van der Waals surface area contributed by atoms with Gasteiger partial charge in [-0.2, -0.15) is 0 Å². The fourth-order valence-corrected chi connectivity index (χ4v) is 3.99. The third kappa shape index (κ3) is 3.77. The van der Waals surface area contributed by atoms with Gasteiger partial charge in [-0.3, -0.25) is 4.79 Å². The maximum absolute atomic E-state index is 14.3. The Balaban J connectivity index is 1.96.